The molecule has 0 N–H and O–H groups in total. The molecular formula is C30H34N2. The molecule has 0 bridgehead atoms. The Bertz CT molecular complexity index is 1160. The summed E-state index contributed by atoms with van der Waals surface area (Å²) in [6.07, 6.45) is 5.95. The standard InChI is InChI=1S/C30H34N2/c1-5-6-7-11-20-26-29(28-23(3)16-14-17-24(28)4)32(27-21-13-12-15-22(27)2)30(31-26)25-18-9-8-10-19-25/h8-10,12-19,21H,5-7,11,20H2,1-4H3. The molecule has 0 unspecified atom stereocenters. The average Bonchev–Trinajstić information content (AvgIpc) is 3.16. The highest BCUT2D eigenvalue weighted by Gasteiger charge is 2.23. The molecule has 0 aliphatic rings. The number of hydrogen-bond acceptors (Lipinski definition) is 1. The largest absolute Gasteiger partial charge is 0.292 e. The number of hydrogen-bond donors (Lipinski definition) is 0. The van der Waals surface area contributed by atoms with Crippen LogP contribution in [0.25, 0.3) is 28.3 Å². The van der Waals surface area contributed by atoms with Crippen LogP contribution in [0.3, 0.4) is 0 Å². The predicted octanol–water partition coefficient (Wildman–Crippen LogP) is 8.25. The van der Waals surface area contributed by atoms with Crippen LogP contribution >= 0.6 is 0 Å². The van der Waals surface area contributed by atoms with Crippen molar-refractivity contribution in [2.45, 2.75) is 59.8 Å². The van der Waals surface area contributed by atoms with Crippen LogP contribution in [0.1, 0.15) is 55.0 Å². The minimum absolute atomic E-state index is 1.00. The Balaban J connectivity index is 2.02. The first kappa shape index (κ1) is 22.1. The monoisotopic (exact) mass is 422 g/mol. The third kappa shape index (κ3) is 4.41. The zero-order chi connectivity index (χ0) is 22.5. The first-order chi connectivity index (χ1) is 15.6. The number of para-hydroxylation sites is 1. The summed E-state index contributed by atoms with van der Waals surface area (Å²) in [7, 11) is 0. The van der Waals surface area contributed by atoms with Gasteiger partial charge in [0.05, 0.1) is 17.1 Å². The summed E-state index contributed by atoms with van der Waals surface area (Å²) in [6, 6.07) is 25.9. The number of benzene rings is 3. The molecule has 2 heteroatoms. The lowest BCUT2D eigenvalue weighted by atomic mass is 9.96. The Morgan fingerprint density at radius 1 is 0.688 bits per heavy atom. The summed E-state index contributed by atoms with van der Waals surface area (Å²) in [5.41, 5.74) is 10.00. The molecular weight excluding hydrogens is 388 g/mol. The van der Waals surface area contributed by atoms with Crippen molar-refractivity contribution in [3.63, 3.8) is 0 Å². The van der Waals surface area contributed by atoms with Crippen LogP contribution in [0.2, 0.25) is 0 Å². The molecule has 0 amide bonds. The Kier molecular flexibility index (Phi) is 6.90. The van der Waals surface area contributed by atoms with Crippen molar-refractivity contribution in [1.29, 1.82) is 0 Å². The van der Waals surface area contributed by atoms with Crippen molar-refractivity contribution < 1.29 is 0 Å². The molecule has 3 aromatic carbocycles. The Labute approximate surface area is 193 Å². The molecule has 0 spiro atoms. The van der Waals surface area contributed by atoms with Gasteiger partial charge in [-0.25, -0.2) is 4.98 Å². The van der Waals surface area contributed by atoms with Crippen LogP contribution in [-0.4, -0.2) is 9.55 Å². The fraction of sp³-hybridized carbons (Fsp3) is 0.300. The van der Waals surface area contributed by atoms with Crippen molar-refractivity contribution in [1.82, 2.24) is 9.55 Å². The van der Waals surface area contributed by atoms with Gasteiger partial charge in [0.2, 0.25) is 0 Å². The first-order valence-corrected chi connectivity index (χ1v) is 11.9. The van der Waals surface area contributed by atoms with Gasteiger partial charge in [0.15, 0.2) is 0 Å². The van der Waals surface area contributed by atoms with E-state index in [0.29, 0.717) is 0 Å². The van der Waals surface area contributed by atoms with E-state index in [1.807, 2.05) is 0 Å². The van der Waals surface area contributed by atoms with E-state index in [1.165, 1.54) is 65.0 Å². The van der Waals surface area contributed by atoms with Crippen LogP contribution < -0.4 is 0 Å². The lowest BCUT2D eigenvalue weighted by molar-refractivity contribution is 0.662. The van der Waals surface area contributed by atoms with Crippen molar-refractivity contribution in [3.8, 4) is 28.3 Å². The van der Waals surface area contributed by atoms with Gasteiger partial charge in [-0.15, -0.1) is 0 Å². The number of aryl methyl sites for hydroxylation is 4. The van der Waals surface area contributed by atoms with E-state index in [9.17, 15) is 0 Å². The topological polar surface area (TPSA) is 17.8 Å². The van der Waals surface area contributed by atoms with Gasteiger partial charge in [-0.2, -0.15) is 0 Å². The molecule has 4 aromatic rings. The highest BCUT2D eigenvalue weighted by molar-refractivity contribution is 5.77. The number of rotatable bonds is 8. The zero-order valence-corrected chi connectivity index (χ0v) is 19.9. The molecule has 1 aromatic heterocycles. The van der Waals surface area contributed by atoms with Gasteiger partial charge >= 0.3 is 0 Å². The number of aromatic nitrogens is 2. The number of imidazole rings is 1. The normalized spacial score (nSPS) is 11.1. The van der Waals surface area contributed by atoms with Gasteiger partial charge in [-0.1, -0.05) is 92.9 Å². The summed E-state index contributed by atoms with van der Waals surface area (Å²) < 4.78 is 2.41. The highest BCUT2D eigenvalue weighted by Crippen LogP contribution is 2.38. The second-order valence-corrected chi connectivity index (χ2v) is 8.80. The van der Waals surface area contributed by atoms with E-state index >= 15 is 0 Å². The lowest BCUT2D eigenvalue weighted by Crippen LogP contribution is -2.04. The molecule has 0 aliphatic carbocycles. The molecule has 4 rings (SSSR count). The molecule has 32 heavy (non-hydrogen) atoms. The minimum atomic E-state index is 1.00. The maximum absolute atomic E-state index is 5.32. The van der Waals surface area contributed by atoms with Crippen molar-refractivity contribution in [3.05, 3.63) is 95.2 Å². The highest BCUT2D eigenvalue weighted by atomic mass is 15.1. The summed E-state index contributed by atoms with van der Waals surface area (Å²) >= 11 is 0. The van der Waals surface area contributed by atoms with Crippen LogP contribution in [0.5, 0.6) is 0 Å². The number of nitrogens with zero attached hydrogens (tertiary/aromatic N) is 2. The van der Waals surface area contributed by atoms with Crippen LogP contribution in [0, 0.1) is 20.8 Å². The Morgan fingerprint density at radius 3 is 2.03 bits per heavy atom. The number of unbranched alkanes of at least 4 members (excludes halogenated alkanes) is 3. The Morgan fingerprint density at radius 2 is 1.34 bits per heavy atom. The van der Waals surface area contributed by atoms with E-state index in [4.69, 9.17) is 4.98 Å². The molecule has 1 heterocycles. The van der Waals surface area contributed by atoms with Crippen molar-refractivity contribution >= 4 is 0 Å². The van der Waals surface area contributed by atoms with Gasteiger partial charge in [0.1, 0.15) is 5.82 Å². The van der Waals surface area contributed by atoms with Crippen molar-refractivity contribution in [2.24, 2.45) is 0 Å². The van der Waals surface area contributed by atoms with Crippen molar-refractivity contribution in [2.75, 3.05) is 0 Å². The van der Waals surface area contributed by atoms with E-state index < -0.39 is 0 Å². The quantitative estimate of drug-likeness (QED) is 0.261. The summed E-state index contributed by atoms with van der Waals surface area (Å²) in [6.45, 7) is 8.91. The molecule has 0 saturated carbocycles. The lowest BCUT2D eigenvalue weighted by Gasteiger charge is -2.18. The summed E-state index contributed by atoms with van der Waals surface area (Å²) in [5, 5.41) is 0. The van der Waals surface area contributed by atoms with Gasteiger partial charge < -0.3 is 0 Å². The third-order valence-electron chi connectivity index (χ3n) is 6.32. The van der Waals surface area contributed by atoms with Gasteiger partial charge in [-0.3, -0.25) is 4.57 Å². The third-order valence-corrected chi connectivity index (χ3v) is 6.32. The maximum atomic E-state index is 5.32. The minimum Gasteiger partial charge on any atom is -0.292 e. The SMILES string of the molecule is CCCCCCc1nc(-c2ccccc2)n(-c2ccccc2C)c1-c1c(C)cccc1C. The molecule has 0 saturated heterocycles. The van der Waals surface area contributed by atoms with E-state index in [2.05, 4.69) is 105 Å². The van der Waals surface area contributed by atoms with Gasteiger partial charge in [0.25, 0.3) is 0 Å². The summed E-state index contributed by atoms with van der Waals surface area (Å²) in [5.74, 6) is 1.03. The molecule has 0 fully saturated rings. The molecule has 0 radical (unpaired) electrons. The predicted molar refractivity (Wildman–Crippen MR) is 136 cm³/mol. The molecule has 0 atom stereocenters. The van der Waals surface area contributed by atoms with Crippen LogP contribution in [-0.2, 0) is 6.42 Å². The Hall–Kier alpha value is -3.13. The average molecular weight is 423 g/mol. The molecule has 0 aliphatic heterocycles. The van der Waals surface area contributed by atoms with E-state index in [1.54, 1.807) is 0 Å². The zero-order valence-electron chi connectivity index (χ0n) is 19.9. The maximum Gasteiger partial charge on any atom is 0.145 e. The fourth-order valence-electron chi connectivity index (χ4n) is 4.63. The molecule has 164 valence electrons. The second-order valence-electron chi connectivity index (χ2n) is 8.80. The van der Waals surface area contributed by atoms with Gasteiger partial charge in [0, 0.05) is 11.1 Å². The second kappa shape index (κ2) is 9.99. The summed E-state index contributed by atoms with van der Waals surface area (Å²) in [4.78, 5) is 5.32. The van der Waals surface area contributed by atoms with Crippen LogP contribution in [0.15, 0.2) is 72.8 Å². The van der Waals surface area contributed by atoms with Crippen LogP contribution in [0.4, 0.5) is 0 Å². The fourth-order valence-corrected chi connectivity index (χ4v) is 4.63. The molecule has 2 nitrogen and oxygen atoms in total. The van der Waals surface area contributed by atoms with E-state index in [0.717, 1.165) is 17.8 Å². The van der Waals surface area contributed by atoms with Gasteiger partial charge in [-0.05, 0) is 56.4 Å². The first-order valence-electron chi connectivity index (χ1n) is 11.9. The smallest absolute Gasteiger partial charge is 0.145 e. The van der Waals surface area contributed by atoms with E-state index in [-0.39, 0.29) is 0 Å².